The topological polar surface area (TPSA) is 41.5 Å². The standard InChI is InChI=1S/C20H20N2O/c1-14-8-9-15(2)17(12-14)13-18-20(23)22-19(21-18)11-10-16-6-4-3-5-7-16/h3-9,12-13H,10-11H2,1-2H3,(H,21,22,23)/b18-13+. The van der Waals surface area contributed by atoms with Gasteiger partial charge in [0.1, 0.15) is 11.5 Å². The summed E-state index contributed by atoms with van der Waals surface area (Å²) in [7, 11) is 0. The minimum Gasteiger partial charge on any atom is -0.309 e. The van der Waals surface area contributed by atoms with Crippen LogP contribution >= 0.6 is 0 Å². The number of aryl methyl sites for hydroxylation is 3. The van der Waals surface area contributed by atoms with Crippen LogP contribution in [0.5, 0.6) is 0 Å². The molecule has 2 aromatic rings. The van der Waals surface area contributed by atoms with Crippen LogP contribution in [0.1, 0.15) is 28.7 Å². The molecule has 0 saturated heterocycles. The summed E-state index contributed by atoms with van der Waals surface area (Å²) in [6.07, 6.45) is 3.48. The van der Waals surface area contributed by atoms with Crippen LogP contribution in [-0.2, 0) is 11.2 Å². The van der Waals surface area contributed by atoms with Crippen molar-refractivity contribution in [3.8, 4) is 0 Å². The SMILES string of the molecule is Cc1ccc(C)c(/C=C2/N=C(CCc3ccccc3)NC2=O)c1. The van der Waals surface area contributed by atoms with Gasteiger partial charge in [0.05, 0.1) is 0 Å². The van der Waals surface area contributed by atoms with Crippen LogP contribution in [0.2, 0.25) is 0 Å². The number of aliphatic imine (C=N–C) groups is 1. The van der Waals surface area contributed by atoms with Gasteiger partial charge in [-0.25, -0.2) is 4.99 Å². The second-order valence-corrected chi connectivity index (χ2v) is 5.89. The largest absolute Gasteiger partial charge is 0.309 e. The highest BCUT2D eigenvalue weighted by molar-refractivity contribution is 6.14. The average molecular weight is 304 g/mol. The number of amidine groups is 1. The first-order chi connectivity index (χ1) is 11.1. The molecule has 0 bridgehead atoms. The van der Waals surface area contributed by atoms with Crippen LogP contribution in [0.3, 0.4) is 0 Å². The number of nitrogens with zero attached hydrogens (tertiary/aromatic N) is 1. The number of nitrogens with one attached hydrogen (secondary N) is 1. The van der Waals surface area contributed by atoms with Crippen LogP contribution in [-0.4, -0.2) is 11.7 Å². The summed E-state index contributed by atoms with van der Waals surface area (Å²) in [5.74, 6) is 0.629. The Morgan fingerprint density at radius 2 is 1.83 bits per heavy atom. The molecule has 1 N–H and O–H groups in total. The Kier molecular flexibility index (Phi) is 4.38. The second kappa shape index (κ2) is 6.61. The molecule has 0 atom stereocenters. The van der Waals surface area contributed by atoms with E-state index in [-0.39, 0.29) is 5.91 Å². The highest BCUT2D eigenvalue weighted by Gasteiger charge is 2.19. The third kappa shape index (κ3) is 3.75. The summed E-state index contributed by atoms with van der Waals surface area (Å²) < 4.78 is 0. The Balaban J connectivity index is 1.76. The average Bonchev–Trinajstić information content (AvgIpc) is 2.90. The Morgan fingerprint density at radius 1 is 1.04 bits per heavy atom. The van der Waals surface area contributed by atoms with Gasteiger partial charge in [-0.2, -0.15) is 0 Å². The molecule has 23 heavy (non-hydrogen) atoms. The first kappa shape index (κ1) is 15.2. The Morgan fingerprint density at radius 3 is 2.61 bits per heavy atom. The van der Waals surface area contributed by atoms with Gasteiger partial charge in [-0.3, -0.25) is 4.79 Å². The molecule has 3 rings (SSSR count). The van der Waals surface area contributed by atoms with E-state index in [0.717, 1.165) is 29.8 Å². The molecule has 0 unspecified atom stereocenters. The van der Waals surface area contributed by atoms with Crippen molar-refractivity contribution >= 4 is 17.8 Å². The number of amides is 1. The number of benzene rings is 2. The van der Waals surface area contributed by atoms with Gasteiger partial charge in [-0.15, -0.1) is 0 Å². The first-order valence-corrected chi connectivity index (χ1v) is 7.83. The molecule has 0 aliphatic carbocycles. The Hall–Kier alpha value is -2.68. The third-order valence-corrected chi connectivity index (χ3v) is 3.97. The molecule has 0 radical (unpaired) electrons. The molecule has 3 nitrogen and oxygen atoms in total. The fraction of sp³-hybridized carbons (Fsp3) is 0.200. The minimum absolute atomic E-state index is 0.117. The van der Waals surface area contributed by atoms with Crippen LogP contribution in [0.15, 0.2) is 59.2 Å². The molecule has 1 heterocycles. The highest BCUT2D eigenvalue weighted by Crippen LogP contribution is 2.18. The zero-order valence-electron chi connectivity index (χ0n) is 13.5. The maximum Gasteiger partial charge on any atom is 0.275 e. The molecule has 0 aromatic heterocycles. The lowest BCUT2D eigenvalue weighted by Gasteiger charge is -2.02. The van der Waals surface area contributed by atoms with Gasteiger partial charge in [0.25, 0.3) is 5.91 Å². The van der Waals surface area contributed by atoms with Crippen molar-refractivity contribution in [3.05, 3.63) is 76.5 Å². The maximum absolute atomic E-state index is 12.1. The van der Waals surface area contributed by atoms with Gasteiger partial charge in [0, 0.05) is 6.42 Å². The molecule has 0 saturated carbocycles. The van der Waals surface area contributed by atoms with Crippen molar-refractivity contribution < 1.29 is 4.79 Å². The zero-order chi connectivity index (χ0) is 16.2. The quantitative estimate of drug-likeness (QED) is 0.858. The minimum atomic E-state index is -0.117. The molecule has 1 amide bonds. The fourth-order valence-electron chi connectivity index (χ4n) is 2.61. The van der Waals surface area contributed by atoms with E-state index in [4.69, 9.17) is 0 Å². The molecular formula is C20H20N2O. The zero-order valence-corrected chi connectivity index (χ0v) is 13.5. The molecular weight excluding hydrogens is 284 g/mol. The first-order valence-electron chi connectivity index (χ1n) is 7.83. The summed E-state index contributed by atoms with van der Waals surface area (Å²) in [4.78, 5) is 16.6. The van der Waals surface area contributed by atoms with Crippen LogP contribution in [0.4, 0.5) is 0 Å². The molecule has 0 fully saturated rings. The molecule has 1 aliphatic rings. The van der Waals surface area contributed by atoms with Crippen molar-refractivity contribution in [3.63, 3.8) is 0 Å². The smallest absolute Gasteiger partial charge is 0.275 e. The molecule has 1 aliphatic heterocycles. The highest BCUT2D eigenvalue weighted by atomic mass is 16.2. The van der Waals surface area contributed by atoms with Crippen molar-refractivity contribution in [2.75, 3.05) is 0 Å². The third-order valence-electron chi connectivity index (χ3n) is 3.97. The van der Waals surface area contributed by atoms with Gasteiger partial charge in [-0.1, -0.05) is 54.1 Å². The summed E-state index contributed by atoms with van der Waals surface area (Å²) in [5.41, 5.74) is 5.10. The lowest BCUT2D eigenvalue weighted by Crippen LogP contribution is -2.24. The second-order valence-electron chi connectivity index (χ2n) is 5.89. The van der Waals surface area contributed by atoms with Crippen molar-refractivity contribution in [2.45, 2.75) is 26.7 Å². The van der Waals surface area contributed by atoms with Gasteiger partial charge in [0.2, 0.25) is 0 Å². The summed E-state index contributed by atoms with van der Waals surface area (Å²) in [6.45, 7) is 4.09. The van der Waals surface area contributed by atoms with Crippen molar-refractivity contribution in [2.24, 2.45) is 4.99 Å². The van der Waals surface area contributed by atoms with Crippen LogP contribution < -0.4 is 5.32 Å². The van der Waals surface area contributed by atoms with E-state index in [0.29, 0.717) is 5.70 Å². The van der Waals surface area contributed by atoms with E-state index in [1.54, 1.807) is 0 Å². The number of rotatable bonds is 4. The van der Waals surface area contributed by atoms with Gasteiger partial charge < -0.3 is 5.32 Å². The van der Waals surface area contributed by atoms with E-state index < -0.39 is 0 Å². The van der Waals surface area contributed by atoms with Gasteiger partial charge in [-0.05, 0) is 43.0 Å². The summed E-state index contributed by atoms with van der Waals surface area (Å²) in [5, 5.41) is 2.87. The lowest BCUT2D eigenvalue weighted by atomic mass is 10.0. The maximum atomic E-state index is 12.1. The Bertz CT molecular complexity index is 789. The van der Waals surface area contributed by atoms with Gasteiger partial charge in [0.15, 0.2) is 0 Å². The molecule has 116 valence electrons. The monoisotopic (exact) mass is 304 g/mol. The molecule has 0 spiro atoms. The van der Waals surface area contributed by atoms with E-state index in [9.17, 15) is 4.79 Å². The number of hydrogen-bond donors (Lipinski definition) is 1. The summed E-state index contributed by atoms with van der Waals surface area (Å²) in [6, 6.07) is 16.4. The summed E-state index contributed by atoms with van der Waals surface area (Å²) >= 11 is 0. The fourth-order valence-corrected chi connectivity index (χ4v) is 2.61. The Labute approximate surface area is 136 Å². The number of carbonyl (C=O) groups excluding carboxylic acids is 1. The van der Waals surface area contributed by atoms with Gasteiger partial charge >= 0.3 is 0 Å². The van der Waals surface area contributed by atoms with Crippen LogP contribution in [0, 0.1) is 13.8 Å². The van der Waals surface area contributed by atoms with Crippen LogP contribution in [0.25, 0.3) is 6.08 Å². The van der Waals surface area contributed by atoms with Crippen molar-refractivity contribution in [1.82, 2.24) is 5.32 Å². The van der Waals surface area contributed by atoms with E-state index >= 15 is 0 Å². The number of hydrogen-bond acceptors (Lipinski definition) is 2. The van der Waals surface area contributed by atoms with E-state index in [1.807, 2.05) is 38.1 Å². The lowest BCUT2D eigenvalue weighted by molar-refractivity contribution is -0.115. The molecule has 2 aromatic carbocycles. The predicted molar refractivity (Wildman–Crippen MR) is 94.2 cm³/mol. The normalized spacial score (nSPS) is 15.7. The molecule has 3 heteroatoms. The van der Waals surface area contributed by atoms with Crippen molar-refractivity contribution in [1.29, 1.82) is 0 Å². The van der Waals surface area contributed by atoms with E-state index in [2.05, 4.69) is 40.6 Å². The number of carbonyl (C=O) groups is 1. The van der Waals surface area contributed by atoms with E-state index in [1.165, 1.54) is 11.1 Å². The predicted octanol–water partition coefficient (Wildman–Crippen LogP) is 3.81.